The van der Waals surface area contributed by atoms with Gasteiger partial charge in [0.1, 0.15) is 18.5 Å². The van der Waals surface area contributed by atoms with E-state index in [2.05, 4.69) is 4.98 Å². The van der Waals surface area contributed by atoms with Crippen LogP contribution in [0.3, 0.4) is 0 Å². The smallest absolute Gasteiger partial charge is 0.300 e. The highest BCUT2D eigenvalue weighted by molar-refractivity contribution is 5.97. The van der Waals surface area contributed by atoms with Gasteiger partial charge in [-0.15, -0.1) is 0 Å². The van der Waals surface area contributed by atoms with Crippen LogP contribution in [0.2, 0.25) is 0 Å². The summed E-state index contributed by atoms with van der Waals surface area (Å²) in [6.45, 7) is -0.571. The van der Waals surface area contributed by atoms with Crippen molar-refractivity contribution in [2.24, 2.45) is 0 Å². The Kier molecular flexibility index (Phi) is 3.08. The molecule has 1 aromatic rings. The Balaban J connectivity index is 3.07. The Labute approximate surface area is 78.5 Å². The number of rotatable bonds is 3. The largest absolute Gasteiger partial charge is 0.376 e. The summed E-state index contributed by atoms with van der Waals surface area (Å²) in [7, 11) is 0. The monoisotopic (exact) mass is 197 g/mol. The number of hydrogen-bond acceptors (Lipinski definition) is 5. The molecule has 0 saturated heterocycles. The van der Waals surface area contributed by atoms with Crippen molar-refractivity contribution in [1.29, 1.82) is 0 Å². The van der Waals surface area contributed by atoms with E-state index in [-0.39, 0.29) is 5.56 Å². The molecule has 0 atom stereocenters. The molecule has 1 heterocycles. The van der Waals surface area contributed by atoms with Gasteiger partial charge >= 0.3 is 0 Å². The van der Waals surface area contributed by atoms with Gasteiger partial charge in [-0.25, -0.2) is 0 Å². The van der Waals surface area contributed by atoms with Crippen LogP contribution in [0.25, 0.3) is 0 Å². The molecule has 7 nitrogen and oxygen atoms in total. The lowest BCUT2D eigenvalue weighted by Crippen LogP contribution is -2.24. The number of nitrogens with one attached hydrogen (secondary N) is 1. The molecule has 0 radical (unpaired) electrons. The Morgan fingerprint density at radius 3 is 3.00 bits per heavy atom. The maximum Gasteiger partial charge on any atom is 0.300 e. The fraction of sp³-hybridized carbons (Fsp3) is 0.143. The molecule has 0 aliphatic rings. The predicted molar refractivity (Wildman–Crippen MR) is 45.4 cm³/mol. The van der Waals surface area contributed by atoms with E-state index in [0.29, 0.717) is 0 Å². The number of nitro groups is 1. The van der Waals surface area contributed by atoms with Crippen molar-refractivity contribution in [3.63, 3.8) is 0 Å². The third-order valence-electron chi connectivity index (χ3n) is 1.48. The van der Waals surface area contributed by atoms with Crippen LogP contribution in [0, 0.1) is 10.1 Å². The highest BCUT2D eigenvalue weighted by Gasteiger charge is 2.18. The first kappa shape index (κ1) is 10.1. The van der Waals surface area contributed by atoms with Crippen LogP contribution in [0.15, 0.2) is 18.5 Å². The van der Waals surface area contributed by atoms with Gasteiger partial charge in [-0.05, 0) is 6.07 Å². The number of amides is 1. The van der Waals surface area contributed by atoms with Crippen molar-refractivity contribution in [2.75, 3.05) is 6.73 Å². The predicted octanol–water partition coefficient (Wildman–Crippen LogP) is -0.331. The minimum Gasteiger partial charge on any atom is -0.376 e. The molecule has 1 aromatic heterocycles. The summed E-state index contributed by atoms with van der Waals surface area (Å²) in [4.78, 5) is 24.4. The first-order valence-electron chi connectivity index (χ1n) is 3.64. The third kappa shape index (κ3) is 2.02. The van der Waals surface area contributed by atoms with Gasteiger partial charge < -0.3 is 10.4 Å². The van der Waals surface area contributed by atoms with E-state index >= 15 is 0 Å². The summed E-state index contributed by atoms with van der Waals surface area (Å²) in [6.07, 6.45) is 2.24. The number of aliphatic hydroxyl groups excluding tert-OH is 1. The summed E-state index contributed by atoms with van der Waals surface area (Å²) in [6, 6.07) is 1.21. The number of aromatic nitrogens is 1. The van der Waals surface area contributed by atoms with Crippen molar-refractivity contribution in [2.45, 2.75) is 0 Å². The highest BCUT2D eigenvalue weighted by Crippen LogP contribution is 2.15. The molecule has 0 fully saturated rings. The van der Waals surface area contributed by atoms with Crippen LogP contribution in [0.1, 0.15) is 10.4 Å². The number of carbonyl (C=O) groups excluding carboxylic acids is 1. The molecule has 1 rings (SSSR count). The molecule has 0 spiro atoms. The number of nitrogens with zero attached hydrogens (tertiary/aromatic N) is 2. The minimum absolute atomic E-state index is 0.126. The topological polar surface area (TPSA) is 105 Å². The Morgan fingerprint density at radius 2 is 2.43 bits per heavy atom. The zero-order valence-electron chi connectivity index (χ0n) is 7.01. The van der Waals surface area contributed by atoms with Gasteiger partial charge in [0, 0.05) is 6.20 Å². The van der Waals surface area contributed by atoms with Crippen molar-refractivity contribution in [3.8, 4) is 0 Å². The zero-order chi connectivity index (χ0) is 10.6. The van der Waals surface area contributed by atoms with E-state index in [1.54, 1.807) is 0 Å². The summed E-state index contributed by atoms with van der Waals surface area (Å²) >= 11 is 0. The van der Waals surface area contributed by atoms with E-state index in [9.17, 15) is 14.9 Å². The molecule has 74 valence electrons. The quantitative estimate of drug-likeness (QED) is 0.392. The average Bonchev–Trinajstić information content (AvgIpc) is 2.18. The second-order valence-corrected chi connectivity index (χ2v) is 2.31. The molecule has 0 aliphatic carbocycles. The minimum atomic E-state index is -0.709. The van der Waals surface area contributed by atoms with E-state index in [1.807, 2.05) is 5.32 Å². The van der Waals surface area contributed by atoms with Gasteiger partial charge in [0.15, 0.2) is 0 Å². The van der Waals surface area contributed by atoms with Gasteiger partial charge in [0.2, 0.25) is 0 Å². The number of pyridine rings is 1. The molecule has 7 heteroatoms. The summed E-state index contributed by atoms with van der Waals surface area (Å²) in [5.74, 6) is -0.707. The van der Waals surface area contributed by atoms with Crippen LogP contribution in [-0.4, -0.2) is 27.7 Å². The average molecular weight is 197 g/mol. The fourth-order valence-electron chi connectivity index (χ4n) is 0.891. The van der Waals surface area contributed by atoms with Crippen LogP contribution < -0.4 is 5.32 Å². The van der Waals surface area contributed by atoms with Crippen LogP contribution in [0.4, 0.5) is 5.69 Å². The molecule has 0 aliphatic heterocycles. The zero-order valence-corrected chi connectivity index (χ0v) is 7.01. The van der Waals surface area contributed by atoms with E-state index < -0.39 is 23.2 Å². The first-order chi connectivity index (χ1) is 6.66. The van der Waals surface area contributed by atoms with Gasteiger partial charge in [-0.1, -0.05) is 0 Å². The number of aliphatic hydroxyl groups is 1. The Bertz CT molecular complexity index is 366. The lowest BCUT2D eigenvalue weighted by atomic mass is 10.2. The number of hydrogen-bond donors (Lipinski definition) is 2. The van der Waals surface area contributed by atoms with Crippen LogP contribution in [0.5, 0.6) is 0 Å². The van der Waals surface area contributed by atoms with Crippen LogP contribution in [-0.2, 0) is 0 Å². The van der Waals surface area contributed by atoms with Gasteiger partial charge in [0.25, 0.3) is 11.6 Å². The Morgan fingerprint density at radius 1 is 1.71 bits per heavy atom. The normalized spacial score (nSPS) is 9.50. The maximum absolute atomic E-state index is 11.2. The summed E-state index contributed by atoms with van der Waals surface area (Å²) in [5.41, 5.74) is -0.516. The lowest BCUT2D eigenvalue weighted by Gasteiger charge is -2.01. The summed E-state index contributed by atoms with van der Waals surface area (Å²) < 4.78 is 0. The van der Waals surface area contributed by atoms with Crippen LogP contribution >= 0.6 is 0 Å². The van der Waals surface area contributed by atoms with Gasteiger partial charge in [0.05, 0.1) is 4.92 Å². The van der Waals surface area contributed by atoms with Crippen molar-refractivity contribution in [1.82, 2.24) is 10.3 Å². The molecule has 0 aromatic carbocycles. The number of carbonyl (C=O) groups is 1. The molecule has 2 N–H and O–H groups in total. The highest BCUT2D eigenvalue weighted by atomic mass is 16.6. The SMILES string of the molecule is O=C(NCO)c1ccncc1[N+](=O)[O-]. The molecule has 1 amide bonds. The molecule has 14 heavy (non-hydrogen) atoms. The maximum atomic E-state index is 11.2. The van der Waals surface area contributed by atoms with Gasteiger partial charge in [-0.2, -0.15) is 0 Å². The molecule has 0 saturated carbocycles. The third-order valence-corrected chi connectivity index (χ3v) is 1.48. The second-order valence-electron chi connectivity index (χ2n) is 2.31. The molecule has 0 unspecified atom stereocenters. The standard InChI is InChI=1S/C7H7N3O4/c11-4-9-7(12)5-1-2-8-3-6(5)10(13)14/h1-3,11H,4H2,(H,9,12). The fourth-order valence-corrected chi connectivity index (χ4v) is 0.891. The molecular formula is C7H7N3O4. The van der Waals surface area contributed by atoms with Gasteiger partial charge in [-0.3, -0.25) is 19.9 Å². The molecule has 0 bridgehead atoms. The molecular weight excluding hydrogens is 190 g/mol. The lowest BCUT2D eigenvalue weighted by molar-refractivity contribution is -0.385. The van der Waals surface area contributed by atoms with E-state index in [0.717, 1.165) is 6.20 Å². The van der Waals surface area contributed by atoms with E-state index in [4.69, 9.17) is 5.11 Å². The van der Waals surface area contributed by atoms with Crippen molar-refractivity contribution >= 4 is 11.6 Å². The Hall–Kier alpha value is -2.02. The first-order valence-corrected chi connectivity index (χ1v) is 3.64. The van der Waals surface area contributed by atoms with Crippen molar-refractivity contribution in [3.05, 3.63) is 34.1 Å². The summed E-state index contributed by atoms with van der Waals surface area (Å²) in [5, 5.41) is 20.9. The van der Waals surface area contributed by atoms with E-state index in [1.165, 1.54) is 12.3 Å². The second kappa shape index (κ2) is 4.28. The van der Waals surface area contributed by atoms with Crippen molar-refractivity contribution < 1.29 is 14.8 Å².